The summed E-state index contributed by atoms with van der Waals surface area (Å²) in [5.74, 6) is -0.648. The third-order valence-corrected chi connectivity index (χ3v) is 3.69. The quantitative estimate of drug-likeness (QED) is 0.694. The molecule has 1 amide bonds. The molecule has 0 atom stereocenters. The Morgan fingerprint density at radius 2 is 2.05 bits per heavy atom. The summed E-state index contributed by atoms with van der Waals surface area (Å²) in [6, 6.07) is 11.2. The summed E-state index contributed by atoms with van der Waals surface area (Å²) in [7, 11) is 1.32. The standard InChI is InChI=1S/C16H15NO3S/c1-11-4-3-5-12(10-11)6-8-14(18)17-15-9-7-13(21-15)16(19)20-2/h3-10H,1-2H3,(H,17,18)/b8-6+. The first-order valence-corrected chi connectivity index (χ1v) is 7.14. The van der Waals surface area contributed by atoms with Gasteiger partial charge in [0.15, 0.2) is 0 Å². The van der Waals surface area contributed by atoms with E-state index in [4.69, 9.17) is 0 Å². The lowest BCUT2D eigenvalue weighted by Gasteiger charge is -1.98. The number of nitrogens with one attached hydrogen (secondary N) is 1. The molecule has 5 heteroatoms. The van der Waals surface area contributed by atoms with Crippen molar-refractivity contribution in [1.82, 2.24) is 0 Å². The van der Waals surface area contributed by atoms with Crippen LogP contribution in [0.2, 0.25) is 0 Å². The number of ether oxygens (including phenoxy) is 1. The summed E-state index contributed by atoms with van der Waals surface area (Å²) in [6.07, 6.45) is 3.21. The molecular weight excluding hydrogens is 286 g/mol. The Labute approximate surface area is 127 Å². The first-order chi connectivity index (χ1) is 10.1. The number of benzene rings is 1. The van der Waals surface area contributed by atoms with Crippen LogP contribution in [-0.2, 0) is 9.53 Å². The molecule has 0 unspecified atom stereocenters. The van der Waals surface area contributed by atoms with Crippen molar-refractivity contribution in [2.24, 2.45) is 0 Å². The molecule has 1 aromatic carbocycles. The zero-order chi connectivity index (χ0) is 15.2. The van der Waals surface area contributed by atoms with E-state index in [2.05, 4.69) is 10.1 Å². The van der Waals surface area contributed by atoms with Crippen LogP contribution in [-0.4, -0.2) is 19.0 Å². The van der Waals surface area contributed by atoms with Gasteiger partial charge in [0, 0.05) is 6.08 Å². The molecule has 2 rings (SSSR count). The lowest BCUT2D eigenvalue weighted by atomic mass is 10.1. The van der Waals surface area contributed by atoms with Gasteiger partial charge in [-0.2, -0.15) is 0 Å². The highest BCUT2D eigenvalue weighted by atomic mass is 32.1. The van der Waals surface area contributed by atoms with Gasteiger partial charge >= 0.3 is 5.97 Å². The second kappa shape index (κ2) is 6.85. The van der Waals surface area contributed by atoms with E-state index in [1.807, 2.05) is 31.2 Å². The second-order valence-electron chi connectivity index (χ2n) is 4.39. The number of carbonyl (C=O) groups excluding carboxylic acids is 2. The molecule has 0 bridgehead atoms. The third kappa shape index (κ3) is 4.29. The largest absolute Gasteiger partial charge is 0.465 e. The Morgan fingerprint density at radius 1 is 1.24 bits per heavy atom. The summed E-state index contributed by atoms with van der Waals surface area (Å²) in [5.41, 5.74) is 2.10. The first-order valence-electron chi connectivity index (χ1n) is 6.32. The number of methoxy groups -OCH3 is 1. The molecule has 0 saturated heterocycles. The summed E-state index contributed by atoms with van der Waals surface area (Å²) in [4.78, 5) is 23.6. The van der Waals surface area contributed by atoms with Crippen molar-refractivity contribution in [2.75, 3.05) is 12.4 Å². The Balaban J connectivity index is 1.98. The van der Waals surface area contributed by atoms with E-state index in [1.54, 1.807) is 18.2 Å². The Morgan fingerprint density at radius 3 is 2.76 bits per heavy atom. The number of rotatable bonds is 4. The predicted octanol–water partition coefficient (Wildman–Crippen LogP) is 3.50. The normalized spacial score (nSPS) is 10.6. The lowest BCUT2D eigenvalue weighted by Crippen LogP contribution is -2.06. The van der Waals surface area contributed by atoms with Crippen molar-refractivity contribution >= 4 is 34.3 Å². The summed E-state index contributed by atoms with van der Waals surface area (Å²) in [6.45, 7) is 2.00. The molecule has 2 aromatic rings. The van der Waals surface area contributed by atoms with Gasteiger partial charge in [-0.1, -0.05) is 29.8 Å². The molecule has 21 heavy (non-hydrogen) atoms. The monoisotopic (exact) mass is 301 g/mol. The molecular formula is C16H15NO3S. The summed E-state index contributed by atoms with van der Waals surface area (Å²) in [5, 5.41) is 3.32. The van der Waals surface area contributed by atoms with Crippen LogP contribution < -0.4 is 5.32 Å². The van der Waals surface area contributed by atoms with Crippen LogP contribution in [0.5, 0.6) is 0 Å². The van der Waals surface area contributed by atoms with E-state index < -0.39 is 5.97 Å². The average Bonchev–Trinajstić information content (AvgIpc) is 2.93. The molecule has 0 aliphatic rings. The van der Waals surface area contributed by atoms with Crippen LogP contribution in [0.15, 0.2) is 42.5 Å². The number of hydrogen-bond donors (Lipinski definition) is 1. The van der Waals surface area contributed by atoms with Gasteiger partial charge < -0.3 is 10.1 Å². The molecule has 0 spiro atoms. The van der Waals surface area contributed by atoms with Gasteiger partial charge in [-0.15, -0.1) is 11.3 Å². The van der Waals surface area contributed by atoms with Crippen LogP contribution in [0, 0.1) is 6.92 Å². The lowest BCUT2D eigenvalue weighted by molar-refractivity contribution is -0.111. The molecule has 0 aliphatic carbocycles. The van der Waals surface area contributed by atoms with Gasteiger partial charge in [0.05, 0.1) is 12.1 Å². The number of aryl methyl sites for hydroxylation is 1. The number of amides is 1. The molecule has 0 radical (unpaired) electrons. The van der Waals surface area contributed by atoms with Crippen molar-refractivity contribution in [3.63, 3.8) is 0 Å². The van der Waals surface area contributed by atoms with Crippen molar-refractivity contribution in [3.8, 4) is 0 Å². The number of carbonyl (C=O) groups is 2. The van der Waals surface area contributed by atoms with Crippen LogP contribution >= 0.6 is 11.3 Å². The van der Waals surface area contributed by atoms with Crippen molar-refractivity contribution in [1.29, 1.82) is 0 Å². The molecule has 108 valence electrons. The van der Waals surface area contributed by atoms with Crippen molar-refractivity contribution < 1.29 is 14.3 Å². The molecule has 0 fully saturated rings. The third-order valence-electron chi connectivity index (χ3n) is 2.71. The minimum Gasteiger partial charge on any atom is -0.465 e. The number of esters is 1. The fourth-order valence-electron chi connectivity index (χ4n) is 1.72. The molecule has 4 nitrogen and oxygen atoms in total. The Kier molecular flexibility index (Phi) is 4.90. The Hall–Kier alpha value is -2.40. The van der Waals surface area contributed by atoms with Crippen molar-refractivity contribution in [3.05, 3.63) is 58.5 Å². The van der Waals surface area contributed by atoms with Gasteiger partial charge in [-0.05, 0) is 30.7 Å². The smallest absolute Gasteiger partial charge is 0.348 e. The number of thiophene rings is 1. The van der Waals surface area contributed by atoms with E-state index in [9.17, 15) is 9.59 Å². The highest BCUT2D eigenvalue weighted by Gasteiger charge is 2.09. The van der Waals surface area contributed by atoms with E-state index in [0.29, 0.717) is 9.88 Å². The minimum absolute atomic E-state index is 0.241. The molecule has 1 aromatic heterocycles. The number of anilines is 1. The van der Waals surface area contributed by atoms with E-state index >= 15 is 0 Å². The van der Waals surface area contributed by atoms with Crippen LogP contribution in [0.25, 0.3) is 6.08 Å². The minimum atomic E-state index is -0.407. The Bertz CT molecular complexity index is 688. The van der Waals surface area contributed by atoms with Crippen LogP contribution in [0.4, 0.5) is 5.00 Å². The van der Waals surface area contributed by atoms with Gasteiger partial charge in [0.1, 0.15) is 4.88 Å². The fraction of sp³-hybridized carbons (Fsp3) is 0.125. The average molecular weight is 301 g/mol. The molecule has 0 aliphatic heterocycles. The van der Waals surface area contributed by atoms with Crippen LogP contribution in [0.1, 0.15) is 20.8 Å². The summed E-state index contributed by atoms with van der Waals surface area (Å²) < 4.78 is 4.62. The maximum absolute atomic E-state index is 11.8. The fourth-order valence-corrected chi connectivity index (χ4v) is 2.55. The van der Waals surface area contributed by atoms with E-state index in [-0.39, 0.29) is 5.91 Å². The highest BCUT2D eigenvalue weighted by Crippen LogP contribution is 2.22. The van der Waals surface area contributed by atoms with Gasteiger partial charge in [-0.25, -0.2) is 4.79 Å². The molecule has 0 saturated carbocycles. The SMILES string of the molecule is COC(=O)c1ccc(NC(=O)/C=C/c2cccc(C)c2)s1. The predicted molar refractivity (Wildman–Crippen MR) is 84.5 cm³/mol. The van der Waals surface area contributed by atoms with Gasteiger partial charge in [0.25, 0.3) is 0 Å². The highest BCUT2D eigenvalue weighted by molar-refractivity contribution is 7.18. The van der Waals surface area contributed by atoms with Crippen molar-refractivity contribution in [2.45, 2.75) is 6.92 Å². The molecule has 1 heterocycles. The maximum atomic E-state index is 11.8. The topological polar surface area (TPSA) is 55.4 Å². The zero-order valence-corrected chi connectivity index (χ0v) is 12.6. The molecule has 1 N–H and O–H groups in total. The zero-order valence-electron chi connectivity index (χ0n) is 11.8. The number of hydrogen-bond acceptors (Lipinski definition) is 4. The first kappa shape index (κ1) is 15.0. The summed E-state index contributed by atoms with van der Waals surface area (Å²) >= 11 is 1.18. The van der Waals surface area contributed by atoms with Crippen LogP contribution in [0.3, 0.4) is 0 Å². The van der Waals surface area contributed by atoms with E-state index in [1.165, 1.54) is 24.5 Å². The van der Waals surface area contributed by atoms with Gasteiger partial charge in [0.2, 0.25) is 5.91 Å². The second-order valence-corrected chi connectivity index (χ2v) is 5.48. The maximum Gasteiger partial charge on any atom is 0.348 e. The van der Waals surface area contributed by atoms with E-state index in [0.717, 1.165) is 11.1 Å². The van der Waals surface area contributed by atoms with Gasteiger partial charge in [-0.3, -0.25) is 4.79 Å².